The molecule has 1 aromatic rings. The average Bonchev–Trinajstić information content (AvgIpc) is 2.32. The predicted octanol–water partition coefficient (Wildman–Crippen LogP) is 5.64. The van der Waals surface area contributed by atoms with Crippen LogP contribution in [0.1, 0.15) is 25.7 Å². The quantitative estimate of drug-likeness (QED) is 0.723. The molecule has 0 amide bonds. The highest BCUT2D eigenvalue weighted by atomic mass is 79.9. The highest BCUT2D eigenvalue weighted by molar-refractivity contribution is 9.10. The zero-order chi connectivity index (χ0) is 14.0. The van der Waals surface area contributed by atoms with Gasteiger partial charge in [0.05, 0.1) is 5.92 Å². The zero-order valence-electron chi connectivity index (χ0n) is 10.1. The van der Waals surface area contributed by atoms with Gasteiger partial charge >= 0.3 is 6.18 Å². The van der Waals surface area contributed by atoms with Crippen LogP contribution in [0.3, 0.4) is 0 Å². The number of hydrogen-bond donors (Lipinski definition) is 1. The lowest BCUT2D eigenvalue weighted by molar-refractivity contribution is -0.182. The largest absolute Gasteiger partial charge is 0.391 e. The van der Waals surface area contributed by atoms with E-state index in [0.29, 0.717) is 17.9 Å². The molecule has 0 aromatic heterocycles. The first kappa shape index (κ1) is 15.0. The molecule has 1 aromatic carbocycles. The number of hydrogen-bond acceptors (Lipinski definition) is 1. The van der Waals surface area contributed by atoms with Crippen molar-refractivity contribution in [3.8, 4) is 0 Å². The molecule has 0 atom stereocenters. The highest BCUT2D eigenvalue weighted by Crippen LogP contribution is 2.38. The molecule has 0 unspecified atom stereocenters. The fourth-order valence-electron chi connectivity index (χ4n) is 2.39. The first-order valence-corrected chi connectivity index (χ1v) is 7.31. The molecule has 0 bridgehead atoms. The molecule has 1 nitrogen and oxygen atoms in total. The number of nitrogens with one attached hydrogen (secondary N) is 1. The van der Waals surface area contributed by atoms with Crippen molar-refractivity contribution in [2.75, 3.05) is 5.32 Å². The van der Waals surface area contributed by atoms with Crippen molar-refractivity contribution in [3.63, 3.8) is 0 Å². The van der Waals surface area contributed by atoms with Crippen LogP contribution in [-0.4, -0.2) is 12.2 Å². The molecule has 106 valence electrons. The van der Waals surface area contributed by atoms with E-state index in [1.807, 2.05) is 6.07 Å². The zero-order valence-corrected chi connectivity index (χ0v) is 12.4. The monoisotopic (exact) mass is 355 g/mol. The van der Waals surface area contributed by atoms with Gasteiger partial charge in [0, 0.05) is 21.2 Å². The molecular weight excluding hydrogens is 343 g/mol. The van der Waals surface area contributed by atoms with Crippen molar-refractivity contribution in [1.82, 2.24) is 0 Å². The van der Waals surface area contributed by atoms with Gasteiger partial charge in [0.1, 0.15) is 0 Å². The van der Waals surface area contributed by atoms with E-state index in [2.05, 4.69) is 21.2 Å². The van der Waals surface area contributed by atoms with Crippen molar-refractivity contribution in [2.24, 2.45) is 5.92 Å². The molecule has 1 saturated carbocycles. The van der Waals surface area contributed by atoms with Gasteiger partial charge in [-0.3, -0.25) is 0 Å². The topological polar surface area (TPSA) is 12.0 Å². The second-order valence-electron chi connectivity index (χ2n) is 4.86. The van der Waals surface area contributed by atoms with E-state index in [-0.39, 0.29) is 18.9 Å². The Bertz CT molecular complexity index is 442. The van der Waals surface area contributed by atoms with Crippen molar-refractivity contribution in [3.05, 3.63) is 27.7 Å². The Morgan fingerprint density at radius 2 is 1.79 bits per heavy atom. The van der Waals surface area contributed by atoms with Crippen LogP contribution >= 0.6 is 27.5 Å². The van der Waals surface area contributed by atoms with Gasteiger partial charge in [-0.05, 0) is 59.8 Å². The summed E-state index contributed by atoms with van der Waals surface area (Å²) in [5.41, 5.74) is 0.875. The van der Waals surface area contributed by atoms with E-state index < -0.39 is 12.1 Å². The van der Waals surface area contributed by atoms with Gasteiger partial charge in [0.2, 0.25) is 0 Å². The van der Waals surface area contributed by atoms with E-state index in [0.717, 1.165) is 10.2 Å². The van der Waals surface area contributed by atoms with Crippen LogP contribution in [0.5, 0.6) is 0 Å². The van der Waals surface area contributed by atoms with Gasteiger partial charge in [0.15, 0.2) is 0 Å². The van der Waals surface area contributed by atoms with Crippen molar-refractivity contribution in [2.45, 2.75) is 37.9 Å². The Morgan fingerprint density at radius 3 is 2.32 bits per heavy atom. The Morgan fingerprint density at radius 1 is 1.16 bits per heavy atom. The van der Waals surface area contributed by atoms with Crippen LogP contribution in [0.2, 0.25) is 5.02 Å². The number of rotatable bonds is 2. The third-order valence-corrected chi connectivity index (χ3v) is 4.37. The molecule has 0 aliphatic heterocycles. The Kier molecular flexibility index (Phi) is 4.66. The molecule has 0 heterocycles. The lowest BCUT2D eigenvalue weighted by atomic mass is 9.85. The molecule has 0 radical (unpaired) electrons. The molecular formula is C13H14BrClF3N. The Hall–Kier alpha value is -0.420. The van der Waals surface area contributed by atoms with Crippen LogP contribution in [0.4, 0.5) is 18.9 Å². The maximum atomic E-state index is 12.6. The molecule has 0 spiro atoms. The molecule has 0 saturated heterocycles. The number of benzene rings is 1. The van der Waals surface area contributed by atoms with Gasteiger partial charge in [0.25, 0.3) is 0 Å². The van der Waals surface area contributed by atoms with E-state index in [4.69, 9.17) is 11.6 Å². The molecule has 1 aliphatic carbocycles. The maximum absolute atomic E-state index is 12.6. The second-order valence-corrected chi connectivity index (χ2v) is 6.15. The molecule has 1 fully saturated rings. The lowest BCUT2D eigenvalue weighted by Crippen LogP contribution is -2.32. The minimum atomic E-state index is -4.05. The number of halogens is 5. The van der Waals surface area contributed by atoms with Crippen LogP contribution < -0.4 is 5.32 Å². The van der Waals surface area contributed by atoms with Crippen molar-refractivity contribution >= 4 is 33.2 Å². The van der Waals surface area contributed by atoms with Crippen LogP contribution in [0, 0.1) is 5.92 Å². The first-order valence-electron chi connectivity index (χ1n) is 6.14. The van der Waals surface area contributed by atoms with Crippen molar-refractivity contribution < 1.29 is 13.2 Å². The minimum absolute atomic E-state index is 0.0936. The summed E-state index contributed by atoms with van der Waals surface area (Å²) in [4.78, 5) is 0. The molecule has 6 heteroatoms. The summed E-state index contributed by atoms with van der Waals surface area (Å²) in [6.07, 6.45) is -2.57. The Labute approximate surface area is 123 Å². The van der Waals surface area contributed by atoms with E-state index in [9.17, 15) is 13.2 Å². The minimum Gasteiger partial charge on any atom is -0.381 e. The summed E-state index contributed by atoms with van der Waals surface area (Å²) in [5, 5.41) is 3.90. The predicted molar refractivity (Wildman–Crippen MR) is 74.6 cm³/mol. The molecule has 1 aliphatic rings. The maximum Gasteiger partial charge on any atom is 0.391 e. The lowest BCUT2D eigenvalue weighted by Gasteiger charge is -2.31. The van der Waals surface area contributed by atoms with Crippen LogP contribution in [0.15, 0.2) is 22.7 Å². The third kappa shape index (κ3) is 4.02. The van der Waals surface area contributed by atoms with Gasteiger partial charge in [-0.15, -0.1) is 0 Å². The fourth-order valence-corrected chi connectivity index (χ4v) is 3.19. The molecule has 2 rings (SSSR count). The summed E-state index contributed by atoms with van der Waals surface area (Å²) in [5.74, 6) is -1.14. The fraction of sp³-hybridized carbons (Fsp3) is 0.538. The van der Waals surface area contributed by atoms with Crippen LogP contribution in [-0.2, 0) is 0 Å². The SMILES string of the molecule is FC(F)(F)C1CCC(Nc2ccc(Cl)cc2Br)CC1. The molecule has 19 heavy (non-hydrogen) atoms. The van der Waals surface area contributed by atoms with Gasteiger partial charge in [-0.1, -0.05) is 11.6 Å². The van der Waals surface area contributed by atoms with Gasteiger partial charge in [-0.25, -0.2) is 0 Å². The summed E-state index contributed by atoms with van der Waals surface area (Å²) in [7, 11) is 0. The standard InChI is InChI=1S/C13H14BrClF3N/c14-11-7-9(15)3-6-12(11)19-10-4-1-8(2-5-10)13(16,17)18/h3,6-8,10,19H,1-2,4-5H2. The summed E-state index contributed by atoms with van der Waals surface area (Å²) in [6.45, 7) is 0. The summed E-state index contributed by atoms with van der Waals surface area (Å²) >= 11 is 9.24. The van der Waals surface area contributed by atoms with E-state index >= 15 is 0 Å². The summed E-state index contributed by atoms with van der Waals surface area (Å²) in [6, 6.07) is 5.46. The second kappa shape index (κ2) is 5.92. The van der Waals surface area contributed by atoms with E-state index in [1.54, 1.807) is 12.1 Å². The molecule has 1 N–H and O–H groups in total. The van der Waals surface area contributed by atoms with Gasteiger partial charge < -0.3 is 5.32 Å². The van der Waals surface area contributed by atoms with Crippen LogP contribution in [0.25, 0.3) is 0 Å². The van der Waals surface area contributed by atoms with E-state index in [1.165, 1.54) is 0 Å². The first-order chi connectivity index (χ1) is 8.86. The third-order valence-electron chi connectivity index (χ3n) is 3.48. The summed E-state index contributed by atoms with van der Waals surface area (Å²) < 4.78 is 38.5. The normalized spacial score (nSPS) is 24.3. The smallest absolute Gasteiger partial charge is 0.381 e. The average molecular weight is 357 g/mol. The number of anilines is 1. The van der Waals surface area contributed by atoms with Gasteiger partial charge in [-0.2, -0.15) is 13.2 Å². The van der Waals surface area contributed by atoms with Crippen molar-refractivity contribution in [1.29, 1.82) is 0 Å². The Balaban J connectivity index is 1.92. The number of alkyl halides is 3. The highest BCUT2D eigenvalue weighted by Gasteiger charge is 2.41.